The average Bonchev–Trinajstić information content (AvgIpc) is 0.929. The highest BCUT2D eigenvalue weighted by atomic mass is 15.2. The minimum Gasteiger partial charge on any atom is -0.325 e. The standard InChI is InChI=1S/C83H154N2/c1-9-17-25-33-41-49-57-65-73-81(74-66-58-50-42-34-26-18-10-2,82(84,75-67-59-51-43-35-27-19-11-3)76-68-60-52-44-36-28-20-12-4)83(77-69-61-53-45-37-29-21-13-5,78-70-62-54-46-38-30-22-14-6)85(79-71-63-55-47-39-31-23-15-7)80-72-64-56-48-40-32-24-16-8/h9-16H,1-8,17-80,84H2. The number of hydrogen-bond acceptors (Lipinski definition) is 2. The van der Waals surface area contributed by atoms with Crippen LogP contribution in [0.5, 0.6) is 0 Å². The van der Waals surface area contributed by atoms with E-state index in [0.29, 0.717) is 0 Å². The molecule has 0 heterocycles. The Morgan fingerprint density at radius 1 is 0.200 bits per heavy atom. The lowest BCUT2D eigenvalue weighted by Crippen LogP contribution is -2.71. The lowest BCUT2D eigenvalue weighted by molar-refractivity contribution is -0.118. The smallest absolute Gasteiger partial charge is 0.0283 e. The highest BCUT2D eigenvalue weighted by Gasteiger charge is 2.60. The number of nitrogens with two attached hydrogens (primary N) is 1. The molecular formula is C83H154N2. The summed E-state index contributed by atoms with van der Waals surface area (Å²) in [7, 11) is 0. The van der Waals surface area contributed by atoms with Gasteiger partial charge in [-0.05, 0) is 167 Å². The van der Waals surface area contributed by atoms with Crippen LogP contribution in [0.3, 0.4) is 0 Å². The van der Waals surface area contributed by atoms with Gasteiger partial charge in [-0.2, -0.15) is 0 Å². The van der Waals surface area contributed by atoms with Crippen LogP contribution in [0.2, 0.25) is 0 Å². The van der Waals surface area contributed by atoms with E-state index in [4.69, 9.17) is 5.73 Å². The zero-order valence-electron chi connectivity index (χ0n) is 58.1. The van der Waals surface area contributed by atoms with Gasteiger partial charge in [0.15, 0.2) is 0 Å². The summed E-state index contributed by atoms with van der Waals surface area (Å²) in [6, 6.07) is 0. The highest BCUT2D eigenvalue weighted by molar-refractivity contribution is 5.17. The first-order valence-corrected chi connectivity index (χ1v) is 38.3. The van der Waals surface area contributed by atoms with Gasteiger partial charge in [0.2, 0.25) is 0 Å². The quantitative estimate of drug-likeness (QED) is 0.0486. The Hall–Kier alpha value is -2.16. The maximum Gasteiger partial charge on any atom is 0.0283 e. The number of allylic oxidation sites excluding steroid dienone is 8. The maximum atomic E-state index is 9.12. The van der Waals surface area contributed by atoms with Crippen molar-refractivity contribution in [3.05, 3.63) is 101 Å². The topological polar surface area (TPSA) is 29.3 Å². The third-order valence-corrected chi connectivity index (χ3v) is 20.2. The van der Waals surface area contributed by atoms with Gasteiger partial charge in [-0.25, -0.2) is 0 Å². The number of hydrogen-bond donors (Lipinski definition) is 1. The maximum absolute atomic E-state index is 9.12. The van der Waals surface area contributed by atoms with Crippen molar-refractivity contribution in [2.45, 2.75) is 409 Å². The Balaban J connectivity index is 8.58. The molecule has 496 valence electrons. The van der Waals surface area contributed by atoms with Gasteiger partial charge >= 0.3 is 0 Å². The van der Waals surface area contributed by atoms with Gasteiger partial charge in [-0.15, -0.1) is 52.6 Å². The molecule has 2 heteroatoms. The van der Waals surface area contributed by atoms with Crippen LogP contribution in [0.4, 0.5) is 0 Å². The summed E-state index contributed by atoms with van der Waals surface area (Å²) in [5.74, 6) is 0. The van der Waals surface area contributed by atoms with E-state index in [-0.39, 0.29) is 16.5 Å². The van der Waals surface area contributed by atoms with Gasteiger partial charge in [0, 0.05) is 16.5 Å². The van der Waals surface area contributed by atoms with E-state index in [0.717, 1.165) is 51.4 Å². The fraction of sp³-hybridized carbons (Fsp3) is 0.807. The third kappa shape index (κ3) is 44.9. The minimum atomic E-state index is -0.212. The van der Waals surface area contributed by atoms with Gasteiger partial charge in [0.05, 0.1) is 0 Å². The number of nitrogens with zero attached hydrogens (tertiary/aromatic N) is 1. The molecule has 0 spiro atoms. The molecule has 85 heavy (non-hydrogen) atoms. The van der Waals surface area contributed by atoms with Gasteiger partial charge in [-0.3, -0.25) is 4.90 Å². The molecule has 0 aliphatic rings. The molecule has 0 radical (unpaired) electrons. The highest BCUT2D eigenvalue weighted by Crippen LogP contribution is 2.59. The fourth-order valence-corrected chi connectivity index (χ4v) is 15.1. The lowest BCUT2D eigenvalue weighted by Gasteiger charge is -2.65. The molecule has 0 aromatic rings. The van der Waals surface area contributed by atoms with Crippen LogP contribution < -0.4 is 5.73 Å². The van der Waals surface area contributed by atoms with E-state index in [1.54, 1.807) is 0 Å². The van der Waals surface area contributed by atoms with Crippen molar-refractivity contribution in [3.8, 4) is 0 Å². The predicted octanol–water partition coefficient (Wildman–Crippen LogP) is 28.4. The minimum absolute atomic E-state index is 0.0445. The third-order valence-electron chi connectivity index (χ3n) is 20.2. The summed E-state index contributed by atoms with van der Waals surface area (Å²) < 4.78 is 0. The lowest BCUT2D eigenvalue weighted by atomic mass is 9.48. The fourth-order valence-electron chi connectivity index (χ4n) is 15.1. The van der Waals surface area contributed by atoms with Crippen LogP contribution in [0.15, 0.2) is 101 Å². The molecule has 0 aromatic heterocycles. The molecule has 0 rings (SSSR count). The second kappa shape index (κ2) is 64.8. The van der Waals surface area contributed by atoms with E-state index in [9.17, 15) is 0 Å². The van der Waals surface area contributed by atoms with E-state index in [1.807, 2.05) is 0 Å². The largest absolute Gasteiger partial charge is 0.325 e. The Morgan fingerprint density at radius 3 is 0.576 bits per heavy atom. The molecule has 0 aliphatic carbocycles. The zero-order chi connectivity index (χ0) is 62.0. The van der Waals surface area contributed by atoms with Crippen molar-refractivity contribution in [2.24, 2.45) is 11.1 Å². The summed E-state index contributed by atoms with van der Waals surface area (Å²) in [5.41, 5.74) is 9.03. The molecule has 2 N–H and O–H groups in total. The summed E-state index contributed by atoms with van der Waals surface area (Å²) in [5, 5.41) is 0. The zero-order valence-corrected chi connectivity index (χ0v) is 58.1. The Morgan fingerprint density at radius 2 is 0.365 bits per heavy atom. The summed E-state index contributed by atoms with van der Waals surface area (Å²) in [6.07, 6.45) is 98.3. The van der Waals surface area contributed by atoms with Crippen molar-refractivity contribution in [2.75, 3.05) is 13.1 Å². The molecule has 0 atom stereocenters. The van der Waals surface area contributed by atoms with E-state index in [2.05, 4.69) is 106 Å². The van der Waals surface area contributed by atoms with Crippen molar-refractivity contribution in [1.29, 1.82) is 0 Å². The van der Waals surface area contributed by atoms with Crippen LogP contribution in [-0.4, -0.2) is 29.1 Å². The molecule has 0 amide bonds. The van der Waals surface area contributed by atoms with E-state index >= 15 is 0 Å². The Bertz CT molecular complexity index is 1370. The van der Waals surface area contributed by atoms with Crippen LogP contribution in [0.1, 0.15) is 398 Å². The summed E-state index contributed by atoms with van der Waals surface area (Å²) >= 11 is 0. The second-order valence-electron chi connectivity index (χ2n) is 27.3. The molecule has 0 fully saturated rings. The Kier molecular flexibility index (Phi) is 63.2. The molecule has 0 bridgehead atoms. The Labute approximate surface area is 536 Å². The van der Waals surface area contributed by atoms with Crippen molar-refractivity contribution < 1.29 is 0 Å². The molecule has 2 nitrogen and oxygen atoms in total. The van der Waals surface area contributed by atoms with E-state index in [1.165, 1.54) is 360 Å². The van der Waals surface area contributed by atoms with Crippen LogP contribution in [0.25, 0.3) is 0 Å². The normalized spacial score (nSPS) is 12.0. The number of unbranched alkanes of at least 4 members (excludes halogenated alkanes) is 48. The van der Waals surface area contributed by atoms with Gasteiger partial charge in [0.25, 0.3) is 0 Å². The van der Waals surface area contributed by atoms with Crippen LogP contribution >= 0.6 is 0 Å². The van der Waals surface area contributed by atoms with Crippen molar-refractivity contribution >= 4 is 0 Å². The molecule has 0 saturated heterocycles. The first-order chi connectivity index (χ1) is 41.9. The first kappa shape index (κ1) is 82.8. The monoisotopic (exact) mass is 1180 g/mol. The van der Waals surface area contributed by atoms with Crippen LogP contribution in [-0.2, 0) is 0 Å². The van der Waals surface area contributed by atoms with Gasteiger partial charge in [0.1, 0.15) is 0 Å². The molecule has 0 saturated carbocycles. The predicted molar refractivity (Wildman–Crippen MR) is 391 cm³/mol. The average molecular weight is 1180 g/mol. The molecule has 0 aromatic carbocycles. The van der Waals surface area contributed by atoms with Gasteiger partial charge < -0.3 is 5.73 Å². The van der Waals surface area contributed by atoms with Crippen molar-refractivity contribution in [3.63, 3.8) is 0 Å². The summed E-state index contributed by atoms with van der Waals surface area (Å²) in [6.45, 7) is 35.0. The number of rotatable bonds is 75. The summed E-state index contributed by atoms with van der Waals surface area (Å²) in [4.78, 5) is 3.36. The van der Waals surface area contributed by atoms with E-state index < -0.39 is 0 Å². The molecule has 0 aliphatic heterocycles. The molecule has 0 unspecified atom stereocenters. The SMILES string of the molecule is C=CCCCCCCCCN(CCCCCCCCC=C)C(CCCCCCCCC=C)(CCCCCCCCC=C)C(CCCCCCCCC=C)(CCCCCCCCC=C)C(N)(CCCCCCCCC=C)CCCCCCCCC=C. The first-order valence-electron chi connectivity index (χ1n) is 38.3. The van der Waals surface area contributed by atoms with Crippen molar-refractivity contribution in [1.82, 2.24) is 4.90 Å². The molecular weight excluding hydrogens is 1020 g/mol. The van der Waals surface area contributed by atoms with Crippen LogP contribution in [0, 0.1) is 5.41 Å². The van der Waals surface area contributed by atoms with Gasteiger partial charge in [-0.1, -0.05) is 293 Å². The second-order valence-corrected chi connectivity index (χ2v) is 27.3.